The molecule has 0 radical (unpaired) electrons. The van der Waals surface area contributed by atoms with Gasteiger partial charge in [-0.05, 0) is 75.3 Å². The molecule has 1 aliphatic carbocycles. The first kappa shape index (κ1) is 45.1. The lowest BCUT2D eigenvalue weighted by atomic mass is 9.78. The van der Waals surface area contributed by atoms with E-state index in [4.69, 9.17) is 9.47 Å². The van der Waals surface area contributed by atoms with Crippen molar-refractivity contribution in [2.75, 3.05) is 25.9 Å². The fourth-order valence-electron chi connectivity index (χ4n) is 8.59. The minimum absolute atomic E-state index is 0.0322. The Hall–Kier alpha value is -4.43. The van der Waals surface area contributed by atoms with Crippen molar-refractivity contribution in [2.45, 2.75) is 107 Å². The van der Waals surface area contributed by atoms with Crippen LogP contribution in [0.2, 0.25) is 0 Å². The predicted molar refractivity (Wildman–Crippen MR) is 206 cm³/mol. The van der Waals surface area contributed by atoms with Crippen LogP contribution in [0.5, 0.6) is 10.8 Å². The number of sulfonamides is 1. The van der Waals surface area contributed by atoms with Gasteiger partial charge in [-0.2, -0.15) is 26.3 Å². The van der Waals surface area contributed by atoms with Gasteiger partial charge in [-0.3, -0.25) is 24.1 Å². The number of amides is 3. The maximum Gasteiger partial charge on any atom is 0.425 e. The summed E-state index contributed by atoms with van der Waals surface area (Å²) >= 11 is 0.258. The zero-order chi connectivity index (χ0) is 43.9. The van der Waals surface area contributed by atoms with Crippen LogP contribution in [0.25, 0.3) is 0 Å². The number of thiophene rings is 1. The number of para-hydroxylation sites is 1. The van der Waals surface area contributed by atoms with Crippen LogP contribution in [-0.2, 0) is 37.6 Å². The molecular formula is C40H46F6N4O8S2. The summed E-state index contributed by atoms with van der Waals surface area (Å²) in [6.45, 7) is 3.15. The number of hydrogen-bond acceptors (Lipinski definition) is 10. The molecule has 4 heterocycles. The molecule has 4 atom stereocenters. The quantitative estimate of drug-likeness (QED) is 0.195. The Kier molecular flexibility index (Phi) is 12.6. The summed E-state index contributed by atoms with van der Waals surface area (Å²) in [6, 6.07) is 9.16. The number of halogens is 6. The number of rotatable bonds is 11. The molecule has 20 heteroatoms. The molecule has 2 aromatic heterocycles. The lowest BCUT2D eigenvalue weighted by Gasteiger charge is -2.51. The topological polar surface area (TPSA) is 155 Å². The van der Waals surface area contributed by atoms with Gasteiger partial charge in [0.1, 0.15) is 16.3 Å². The first-order valence-corrected chi connectivity index (χ1v) is 22.2. The van der Waals surface area contributed by atoms with Crippen LogP contribution >= 0.6 is 11.3 Å². The zero-order valence-corrected chi connectivity index (χ0v) is 34.7. The number of aromatic nitrogens is 1. The van der Waals surface area contributed by atoms with Gasteiger partial charge in [0, 0.05) is 37.8 Å². The third kappa shape index (κ3) is 9.39. The van der Waals surface area contributed by atoms with Gasteiger partial charge in [0.05, 0.1) is 35.0 Å². The van der Waals surface area contributed by atoms with Gasteiger partial charge < -0.3 is 24.4 Å². The number of hydrogen-bond donors (Lipinski definition) is 2. The van der Waals surface area contributed by atoms with Crippen molar-refractivity contribution in [3.8, 4) is 10.8 Å². The number of pyridine rings is 1. The van der Waals surface area contributed by atoms with Gasteiger partial charge in [-0.15, -0.1) is 0 Å². The molecule has 1 aromatic carbocycles. The Morgan fingerprint density at radius 3 is 2.30 bits per heavy atom. The molecular weight excluding hydrogens is 843 g/mol. The maximum absolute atomic E-state index is 15.0. The molecule has 0 spiro atoms. The minimum atomic E-state index is -4.94. The van der Waals surface area contributed by atoms with Crippen LogP contribution in [0.15, 0.2) is 54.7 Å². The van der Waals surface area contributed by atoms with Gasteiger partial charge in [-0.25, -0.2) is 8.42 Å². The SMILES string of the molecule is CCC[C@H]1N(C(=O)c2ncccc2C(F)(F)F)CCC[C@@]1(Oc1ccc(C(F)(F)F)s1)C(=O)N1CCC(O)(c2ccccc2O[C@@H]2CC[C@](C)(C(=O)NS(C)(=O)=O)C2)CC1. The highest BCUT2D eigenvalue weighted by atomic mass is 32.2. The molecule has 3 amide bonds. The van der Waals surface area contributed by atoms with E-state index in [0.29, 0.717) is 30.6 Å². The van der Waals surface area contributed by atoms with Crippen LogP contribution in [0, 0.1) is 5.41 Å². The van der Waals surface area contributed by atoms with E-state index in [1.807, 2.05) is 4.72 Å². The van der Waals surface area contributed by atoms with E-state index in [9.17, 15) is 49.5 Å². The molecule has 3 fully saturated rings. The van der Waals surface area contributed by atoms with E-state index in [1.54, 1.807) is 38.1 Å². The Balaban J connectivity index is 1.28. The molecule has 1 saturated carbocycles. The van der Waals surface area contributed by atoms with Crippen molar-refractivity contribution in [3.63, 3.8) is 0 Å². The van der Waals surface area contributed by atoms with E-state index < -0.39 is 85.0 Å². The summed E-state index contributed by atoms with van der Waals surface area (Å²) in [5.74, 6) is -2.11. The lowest BCUT2D eigenvalue weighted by molar-refractivity contribution is -0.163. The number of nitrogens with zero attached hydrogens (tertiary/aromatic N) is 3. The third-order valence-electron chi connectivity index (χ3n) is 11.6. The van der Waals surface area contributed by atoms with Gasteiger partial charge in [0.2, 0.25) is 21.5 Å². The number of aliphatic hydroxyl groups is 1. The van der Waals surface area contributed by atoms with Crippen molar-refractivity contribution >= 4 is 39.1 Å². The van der Waals surface area contributed by atoms with E-state index in [1.165, 1.54) is 4.90 Å². The monoisotopic (exact) mass is 888 g/mol. The van der Waals surface area contributed by atoms with Crippen LogP contribution in [-0.4, -0.2) is 89.7 Å². The molecule has 328 valence electrons. The fraction of sp³-hybridized carbons (Fsp3) is 0.550. The van der Waals surface area contributed by atoms with Gasteiger partial charge in [-0.1, -0.05) is 49.8 Å². The van der Waals surface area contributed by atoms with Gasteiger partial charge in [0.15, 0.2) is 5.06 Å². The first-order valence-electron chi connectivity index (χ1n) is 19.5. The van der Waals surface area contributed by atoms with Crippen molar-refractivity contribution in [2.24, 2.45) is 5.41 Å². The highest BCUT2D eigenvalue weighted by Gasteiger charge is 2.57. The number of alkyl halides is 6. The second-order valence-electron chi connectivity index (χ2n) is 16.0. The lowest BCUT2D eigenvalue weighted by Crippen LogP contribution is -2.68. The number of nitrogens with one attached hydrogen (secondary N) is 1. The van der Waals surface area contributed by atoms with Gasteiger partial charge in [0.25, 0.3) is 11.8 Å². The van der Waals surface area contributed by atoms with Crippen molar-refractivity contribution in [3.05, 3.63) is 76.4 Å². The predicted octanol–water partition coefficient (Wildman–Crippen LogP) is 6.93. The summed E-state index contributed by atoms with van der Waals surface area (Å²) in [7, 11) is -3.78. The smallest absolute Gasteiger partial charge is 0.425 e. The molecule has 0 unspecified atom stereocenters. The van der Waals surface area contributed by atoms with Crippen LogP contribution in [0.3, 0.4) is 0 Å². The Labute approximate surface area is 347 Å². The standard InChI is InChI=1S/C40H46F6N4O8S2/c1-4-9-29-38(58-31-14-13-30(59-31)40(44,45)46,16-8-21-50(29)33(51)32-27(39(41,42)43)11-7-20-47-32)35(53)49-22-18-37(54,19-23-49)26-10-5-6-12-28(26)57-25-15-17-36(2,24-25)34(52)48-60(3,55)56/h5-7,10-14,20,25,29,54H,4,8-9,15-19,21-24H2,1-3H3,(H,48,52)/t25-,29-,36+,38+/m1/s1. The Morgan fingerprint density at radius 1 is 0.967 bits per heavy atom. The maximum atomic E-state index is 15.0. The molecule has 12 nitrogen and oxygen atoms in total. The zero-order valence-electron chi connectivity index (χ0n) is 33.1. The average Bonchev–Trinajstić information content (AvgIpc) is 3.82. The normalized spacial score (nSPS) is 24.8. The number of carbonyl (C=O) groups is 3. The minimum Gasteiger partial charge on any atom is -0.490 e. The third-order valence-corrected chi connectivity index (χ3v) is 13.2. The summed E-state index contributed by atoms with van der Waals surface area (Å²) in [5.41, 5.74) is -6.34. The summed E-state index contributed by atoms with van der Waals surface area (Å²) in [4.78, 5) is 47.2. The molecule has 2 saturated heterocycles. The fourth-order valence-corrected chi connectivity index (χ4v) is 9.96. The second-order valence-corrected chi connectivity index (χ2v) is 18.8. The molecule has 3 aromatic rings. The summed E-state index contributed by atoms with van der Waals surface area (Å²) < 4.78 is 122. The molecule has 6 rings (SSSR count). The summed E-state index contributed by atoms with van der Waals surface area (Å²) in [6.07, 6.45) is -6.96. The number of benzene rings is 1. The molecule has 2 N–H and O–H groups in total. The van der Waals surface area contributed by atoms with Crippen molar-refractivity contribution < 1.29 is 63.7 Å². The summed E-state index contributed by atoms with van der Waals surface area (Å²) in [5, 5.41) is 11.9. The number of piperidine rings is 2. The number of likely N-dealkylation sites (tertiary alicyclic amines) is 2. The number of carbonyl (C=O) groups excluding carboxylic acids is 3. The van der Waals surface area contributed by atoms with E-state index in [-0.39, 0.29) is 74.6 Å². The van der Waals surface area contributed by atoms with Crippen LogP contribution in [0.4, 0.5) is 26.3 Å². The van der Waals surface area contributed by atoms with Crippen molar-refractivity contribution in [1.82, 2.24) is 19.5 Å². The largest absolute Gasteiger partial charge is 0.490 e. The highest BCUT2D eigenvalue weighted by molar-refractivity contribution is 7.89. The van der Waals surface area contributed by atoms with Crippen LogP contribution in [0.1, 0.15) is 98.1 Å². The van der Waals surface area contributed by atoms with E-state index >= 15 is 4.79 Å². The van der Waals surface area contributed by atoms with Gasteiger partial charge >= 0.3 is 12.4 Å². The van der Waals surface area contributed by atoms with Crippen LogP contribution < -0.4 is 14.2 Å². The molecule has 60 heavy (non-hydrogen) atoms. The van der Waals surface area contributed by atoms with E-state index in [0.717, 1.165) is 41.6 Å². The Morgan fingerprint density at radius 2 is 1.67 bits per heavy atom. The second kappa shape index (κ2) is 16.8. The molecule has 2 aliphatic heterocycles. The van der Waals surface area contributed by atoms with Crippen molar-refractivity contribution in [1.29, 1.82) is 0 Å². The first-order chi connectivity index (χ1) is 28.0. The Bertz CT molecular complexity index is 2190. The highest BCUT2D eigenvalue weighted by Crippen LogP contribution is 2.46. The van der Waals surface area contributed by atoms with E-state index in [2.05, 4.69) is 4.98 Å². The number of ether oxygens (including phenoxy) is 2. The molecule has 0 bridgehead atoms. The average molecular weight is 889 g/mol. The molecule has 3 aliphatic rings.